The van der Waals surface area contributed by atoms with Crippen molar-refractivity contribution in [2.24, 2.45) is 0 Å². The molecule has 3 heteroatoms. The van der Waals surface area contributed by atoms with Crippen LogP contribution in [0.2, 0.25) is 34.3 Å². The minimum absolute atomic E-state index is 0.690. The molecule has 0 aromatic rings. The molecule has 0 aromatic carbocycles. The molecule has 19 heavy (non-hydrogen) atoms. The highest BCUT2D eigenvalue weighted by molar-refractivity contribution is 6.89. The molecule has 0 spiro atoms. The molecule has 0 aliphatic rings. The highest BCUT2D eigenvalue weighted by Gasteiger charge is 2.51. The second-order valence-corrected chi connectivity index (χ2v) is 18.6. The molecular formula is C16H38OSi2. The van der Waals surface area contributed by atoms with Gasteiger partial charge in [-0.3, -0.25) is 0 Å². The van der Waals surface area contributed by atoms with Gasteiger partial charge in [0.1, 0.15) is 0 Å². The summed E-state index contributed by atoms with van der Waals surface area (Å²) in [5.41, 5.74) is 3.46. The quantitative estimate of drug-likeness (QED) is 0.483. The Morgan fingerprint density at radius 3 is 0.947 bits per heavy atom. The molecule has 0 bridgehead atoms. The molecule has 0 heterocycles. The molecule has 0 aromatic heterocycles. The first-order chi connectivity index (χ1) is 8.42. The van der Waals surface area contributed by atoms with E-state index in [2.05, 4.69) is 75.8 Å². The van der Waals surface area contributed by atoms with Crippen LogP contribution in [0, 0.1) is 0 Å². The first kappa shape index (κ1) is 19.4. The Morgan fingerprint density at radius 1 is 0.526 bits per heavy atom. The zero-order valence-electron chi connectivity index (χ0n) is 15.3. The summed E-state index contributed by atoms with van der Waals surface area (Å²) in [5, 5.41) is 0. The van der Waals surface area contributed by atoms with Crippen molar-refractivity contribution in [1.82, 2.24) is 0 Å². The molecule has 0 atom stereocenters. The van der Waals surface area contributed by atoms with E-state index in [0.29, 0.717) is 27.7 Å². The monoisotopic (exact) mass is 302 g/mol. The van der Waals surface area contributed by atoms with E-state index in [1.807, 2.05) is 0 Å². The third-order valence-corrected chi connectivity index (χ3v) is 18.6. The van der Waals surface area contributed by atoms with Gasteiger partial charge in [-0.05, 0) is 34.3 Å². The van der Waals surface area contributed by atoms with Crippen LogP contribution >= 0.6 is 0 Å². The zero-order valence-corrected chi connectivity index (χ0v) is 17.3. The second-order valence-electron chi connectivity index (χ2n) is 7.91. The molecule has 0 amide bonds. The Bertz CT molecular complexity index is 240. The van der Waals surface area contributed by atoms with Crippen LogP contribution in [0.5, 0.6) is 0 Å². The summed E-state index contributed by atoms with van der Waals surface area (Å²) >= 11 is 0. The van der Waals surface area contributed by atoms with Crippen LogP contribution in [0.25, 0.3) is 0 Å². The molecule has 1 nitrogen and oxygen atoms in total. The summed E-state index contributed by atoms with van der Waals surface area (Å²) in [6.45, 7) is 26.3. The van der Waals surface area contributed by atoms with Gasteiger partial charge >= 0.3 is 0 Å². The average Bonchev–Trinajstić information content (AvgIpc) is 2.23. The summed E-state index contributed by atoms with van der Waals surface area (Å²) in [4.78, 5) is 0. The summed E-state index contributed by atoms with van der Waals surface area (Å²) in [5.74, 6) is 0. The lowest BCUT2D eigenvalue weighted by Gasteiger charge is -2.51. The fraction of sp³-hybridized carbons (Fsp3) is 1.00. The van der Waals surface area contributed by atoms with E-state index in [-0.39, 0.29) is 0 Å². The molecule has 0 N–H and O–H groups in total. The highest BCUT2D eigenvalue weighted by Crippen LogP contribution is 2.47. The van der Waals surface area contributed by atoms with Gasteiger partial charge in [-0.15, -0.1) is 0 Å². The largest absolute Gasteiger partial charge is 0.454 e. The zero-order chi connectivity index (χ0) is 15.6. The van der Waals surface area contributed by atoms with Crippen molar-refractivity contribution < 1.29 is 4.12 Å². The molecule has 0 aliphatic heterocycles. The van der Waals surface area contributed by atoms with E-state index >= 15 is 0 Å². The molecule has 0 saturated heterocycles. The predicted octanol–water partition coefficient (Wildman–Crippen LogP) is 6.57. The Morgan fingerprint density at radius 2 is 0.789 bits per heavy atom. The van der Waals surface area contributed by atoms with E-state index in [4.69, 9.17) is 4.12 Å². The van der Waals surface area contributed by atoms with Gasteiger partial charge in [-0.25, -0.2) is 0 Å². The standard InChI is InChI=1S/C16H38OSi2/c1-12(2)18(11,13(3)4)17-19(14(5)6,15(7)8)16(9)10/h12-16H,1-11H3. The Hall–Kier alpha value is 0.394. The fourth-order valence-corrected chi connectivity index (χ4v) is 16.7. The van der Waals surface area contributed by atoms with Crippen LogP contribution in [-0.2, 0) is 4.12 Å². The van der Waals surface area contributed by atoms with Crippen molar-refractivity contribution in [1.29, 1.82) is 0 Å². The van der Waals surface area contributed by atoms with Gasteiger partial charge in [0.25, 0.3) is 0 Å². The number of rotatable bonds is 7. The molecule has 0 saturated carbocycles. The minimum atomic E-state index is -1.73. The number of hydrogen-bond donors (Lipinski definition) is 0. The van der Waals surface area contributed by atoms with Gasteiger partial charge in [0.05, 0.1) is 0 Å². The molecule has 0 fully saturated rings. The maximum atomic E-state index is 7.21. The maximum absolute atomic E-state index is 7.21. The van der Waals surface area contributed by atoms with Crippen molar-refractivity contribution in [2.45, 2.75) is 103 Å². The van der Waals surface area contributed by atoms with Crippen molar-refractivity contribution in [3.8, 4) is 0 Å². The van der Waals surface area contributed by atoms with Gasteiger partial charge in [0.15, 0.2) is 16.6 Å². The number of hydrogen-bond acceptors (Lipinski definition) is 1. The molecular weight excluding hydrogens is 264 g/mol. The molecule has 116 valence electrons. The topological polar surface area (TPSA) is 9.23 Å². The molecule has 0 radical (unpaired) electrons. The Labute approximate surface area is 124 Å². The van der Waals surface area contributed by atoms with Crippen LogP contribution < -0.4 is 0 Å². The minimum Gasteiger partial charge on any atom is -0.454 e. The van der Waals surface area contributed by atoms with Gasteiger partial charge in [0, 0.05) is 0 Å². The molecule has 0 aliphatic carbocycles. The maximum Gasteiger partial charge on any atom is 0.187 e. The first-order valence-electron chi connectivity index (χ1n) is 8.13. The third-order valence-electron chi connectivity index (χ3n) is 5.40. The van der Waals surface area contributed by atoms with Crippen LogP contribution in [-0.4, -0.2) is 16.6 Å². The highest BCUT2D eigenvalue weighted by atomic mass is 28.4. The van der Waals surface area contributed by atoms with E-state index in [1.165, 1.54) is 0 Å². The van der Waals surface area contributed by atoms with Crippen LogP contribution in [0.3, 0.4) is 0 Å². The van der Waals surface area contributed by atoms with E-state index < -0.39 is 16.6 Å². The Balaban J connectivity index is 5.66. The lowest BCUT2D eigenvalue weighted by atomic mass is 10.5. The summed E-state index contributed by atoms with van der Waals surface area (Å²) in [7, 11) is -3.39. The Kier molecular flexibility index (Phi) is 7.05. The fourth-order valence-electron chi connectivity index (χ4n) is 3.64. The van der Waals surface area contributed by atoms with Crippen molar-refractivity contribution in [3.63, 3.8) is 0 Å². The lowest BCUT2D eigenvalue weighted by Crippen LogP contribution is -2.58. The van der Waals surface area contributed by atoms with Gasteiger partial charge in [0.2, 0.25) is 0 Å². The predicted molar refractivity (Wildman–Crippen MR) is 93.9 cm³/mol. The van der Waals surface area contributed by atoms with Crippen molar-refractivity contribution in [3.05, 3.63) is 0 Å². The van der Waals surface area contributed by atoms with Crippen LogP contribution in [0.15, 0.2) is 0 Å². The molecule has 0 rings (SSSR count). The van der Waals surface area contributed by atoms with Gasteiger partial charge in [-0.2, -0.15) is 0 Å². The van der Waals surface area contributed by atoms with E-state index in [1.54, 1.807) is 0 Å². The van der Waals surface area contributed by atoms with Crippen LogP contribution in [0.4, 0.5) is 0 Å². The second kappa shape index (κ2) is 6.90. The van der Waals surface area contributed by atoms with E-state index in [0.717, 1.165) is 0 Å². The summed E-state index contributed by atoms with van der Waals surface area (Å²) in [6.07, 6.45) is 0. The summed E-state index contributed by atoms with van der Waals surface area (Å²) < 4.78 is 7.21. The third kappa shape index (κ3) is 3.73. The van der Waals surface area contributed by atoms with Gasteiger partial charge < -0.3 is 4.12 Å². The van der Waals surface area contributed by atoms with E-state index in [9.17, 15) is 0 Å². The summed E-state index contributed by atoms with van der Waals surface area (Å²) in [6, 6.07) is 0. The normalized spacial score (nSPS) is 14.5. The van der Waals surface area contributed by atoms with Crippen molar-refractivity contribution >= 4 is 16.6 Å². The van der Waals surface area contributed by atoms with Crippen LogP contribution in [0.1, 0.15) is 69.2 Å². The smallest absolute Gasteiger partial charge is 0.187 e. The lowest BCUT2D eigenvalue weighted by molar-refractivity contribution is 0.445. The van der Waals surface area contributed by atoms with Gasteiger partial charge in [-0.1, -0.05) is 69.2 Å². The first-order valence-corrected chi connectivity index (χ1v) is 12.8. The van der Waals surface area contributed by atoms with Crippen molar-refractivity contribution in [2.75, 3.05) is 0 Å². The SMILES string of the molecule is CC(C)[Si](C)(O[Si](C(C)C)(C(C)C)C(C)C)C(C)C. The average molecular weight is 303 g/mol. The molecule has 0 unspecified atom stereocenters.